The molecule has 0 aliphatic carbocycles. The average molecular weight is 218 g/mol. The number of hydrogen-bond donors (Lipinski definition) is 0. The lowest BCUT2D eigenvalue weighted by Gasteiger charge is -2.06. The zero-order valence-electron chi connectivity index (χ0n) is 10.6. The second-order valence-corrected chi connectivity index (χ2v) is 4.19. The average Bonchev–Trinajstić information content (AvgIpc) is 2.30. The fraction of sp³-hybridized carbons (Fsp3) is 0.467. The van der Waals surface area contributed by atoms with Gasteiger partial charge in [0.25, 0.3) is 0 Å². The molecule has 0 aromatic heterocycles. The number of para-hydroxylation sites is 1. The Bertz CT molecular complexity index is 339. The molecular formula is C15H22O. The fourth-order valence-corrected chi connectivity index (χ4v) is 1.78. The standard InChI is InChI=1S/C15H22O/c1-4-5-6-9-13(2)12-14-10-7-8-11-15(14)16-3/h7-8,10-12H,4-6,9H2,1-3H3. The van der Waals surface area contributed by atoms with Crippen LogP contribution in [0.3, 0.4) is 0 Å². The number of methoxy groups -OCH3 is 1. The number of ether oxygens (including phenoxy) is 1. The quantitative estimate of drug-likeness (QED) is 0.630. The van der Waals surface area contributed by atoms with Gasteiger partial charge in [0.15, 0.2) is 0 Å². The van der Waals surface area contributed by atoms with Crippen molar-refractivity contribution in [2.24, 2.45) is 0 Å². The van der Waals surface area contributed by atoms with Gasteiger partial charge in [-0.25, -0.2) is 0 Å². The third kappa shape index (κ3) is 4.09. The van der Waals surface area contributed by atoms with Gasteiger partial charge < -0.3 is 4.74 Å². The molecule has 1 rings (SSSR count). The van der Waals surface area contributed by atoms with E-state index in [1.807, 2.05) is 18.2 Å². The van der Waals surface area contributed by atoms with Crippen molar-refractivity contribution in [1.29, 1.82) is 0 Å². The minimum absolute atomic E-state index is 0.956. The van der Waals surface area contributed by atoms with Gasteiger partial charge >= 0.3 is 0 Å². The van der Waals surface area contributed by atoms with Gasteiger partial charge in [0.2, 0.25) is 0 Å². The van der Waals surface area contributed by atoms with E-state index >= 15 is 0 Å². The maximum Gasteiger partial charge on any atom is 0.126 e. The molecular weight excluding hydrogens is 196 g/mol. The molecule has 0 aliphatic rings. The lowest BCUT2D eigenvalue weighted by atomic mass is 10.1. The summed E-state index contributed by atoms with van der Waals surface area (Å²) in [5, 5.41) is 0. The molecule has 1 heteroatoms. The van der Waals surface area contributed by atoms with Crippen molar-refractivity contribution < 1.29 is 4.74 Å². The Labute approximate surface area is 99.1 Å². The minimum atomic E-state index is 0.956. The Balaban J connectivity index is 2.65. The topological polar surface area (TPSA) is 9.23 Å². The summed E-state index contributed by atoms with van der Waals surface area (Å²) in [5.74, 6) is 0.956. The summed E-state index contributed by atoms with van der Waals surface area (Å²) in [5.41, 5.74) is 2.61. The molecule has 1 aromatic rings. The zero-order valence-corrected chi connectivity index (χ0v) is 10.6. The zero-order chi connectivity index (χ0) is 11.8. The van der Waals surface area contributed by atoms with E-state index in [2.05, 4.69) is 26.0 Å². The normalized spacial score (nSPS) is 11.6. The molecule has 0 unspecified atom stereocenters. The first-order valence-corrected chi connectivity index (χ1v) is 6.08. The highest BCUT2D eigenvalue weighted by molar-refractivity contribution is 5.59. The van der Waals surface area contributed by atoms with Gasteiger partial charge in [-0.05, 0) is 25.8 Å². The Kier molecular flexibility index (Phi) is 5.69. The van der Waals surface area contributed by atoms with Crippen molar-refractivity contribution in [3.63, 3.8) is 0 Å². The molecule has 0 saturated carbocycles. The van der Waals surface area contributed by atoms with Crippen LogP contribution in [0, 0.1) is 0 Å². The van der Waals surface area contributed by atoms with Crippen LogP contribution in [0.25, 0.3) is 6.08 Å². The lowest BCUT2D eigenvalue weighted by Crippen LogP contribution is -1.87. The van der Waals surface area contributed by atoms with Gasteiger partial charge in [-0.1, -0.05) is 49.6 Å². The van der Waals surface area contributed by atoms with E-state index in [0.29, 0.717) is 0 Å². The number of hydrogen-bond acceptors (Lipinski definition) is 1. The number of benzene rings is 1. The molecule has 0 heterocycles. The highest BCUT2D eigenvalue weighted by Crippen LogP contribution is 2.21. The van der Waals surface area contributed by atoms with E-state index in [1.54, 1.807) is 7.11 Å². The fourth-order valence-electron chi connectivity index (χ4n) is 1.78. The first-order chi connectivity index (χ1) is 7.77. The molecule has 1 nitrogen and oxygen atoms in total. The molecule has 0 aliphatic heterocycles. The molecule has 0 fully saturated rings. The smallest absolute Gasteiger partial charge is 0.126 e. The van der Waals surface area contributed by atoms with E-state index in [-0.39, 0.29) is 0 Å². The van der Waals surface area contributed by atoms with Crippen molar-refractivity contribution in [2.75, 3.05) is 7.11 Å². The highest BCUT2D eigenvalue weighted by Gasteiger charge is 1.98. The van der Waals surface area contributed by atoms with E-state index in [4.69, 9.17) is 4.74 Å². The molecule has 88 valence electrons. The largest absolute Gasteiger partial charge is 0.496 e. The maximum atomic E-state index is 5.33. The summed E-state index contributed by atoms with van der Waals surface area (Å²) in [7, 11) is 1.72. The van der Waals surface area contributed by atoms with Crippen LogP contribution < -0.4 is 4.74 Å². The maximum absolute atomic E-state index is 5.33. The summed E-state index contributed by atoms with van der Waals surface area (Å²) in [6.45, 7) is 4.43. The number of allylic oxidation sites excluding steroid dienone is 1. The molecule has 0 saturated heterocycles. The van der Waals surface area contributed by atoms with Gasteiger partial charge in [0.05, 0.1) is 7.11 Å². The van der Waals surface area contributed by atoms with Crippen molar-refractivity contribution in [3.8, 4) is 5.75 Å². The van der Waals surface area contributed by atoms with E-state index in [9.17, 15) is 0 Å². The predicted molar refractivity (Wildman–Crippen MR) is 70.8 cm³/mol. The molecule has 16 heavy (non-hydrogen) atoms. The minimum Gasteiger partial charge on any atom is -0.496 e. The first kappa shape index (κ1) is 12.8. The van der Waals surface area contributed by atoms with Crippen molar-refractivity contribution in [1.82, 2.24) is 0 Å². The van der Waals surface area contributed by atoms with Gasteiger partial charge in [-0.2, -0.15) is 0 Å². The Hall–Kier alpha value is -1.24. The summed E-state index contributed by atoms with van der Waals surface area (Å²) in [6, 6.07) is 8.16. The van der Waals surface area contributed by atoms with Gasteiger partial charge in [-0.3, -0.25) is 0 Å². The van der Waals surface area contributed by atoms with Crippen LogP contribution in [0.2, 0.25) is 0 Å². The second kappa shape index (κ2) is 7.10. The van der Waals surface area contributed by atoms with E-state index < -0.39 is 0 Å². The van der Waals surface area contributed by atoms with E-state index in [0.717, 1.165) is 5.75 Å². The van der Waals surface area contributed by atoms with Crippen molar-refractivity contribution in [2.45, 2.75) is 39.5 Å². The van der Waals surface area contributed by atoms with Gasteiger partial charge in [-0.15, -0.1) is 0 Å². The van der Waals surface area contributed by atoms with Crippen LogP contribution in [0.1, 0.15) is 45.1 Å². The molecule has 1 aromatic carbocycles. The van der Waals surface area contributed by atoms with Gasteiger partial charge in [0.1, 0.15) is 5.75 Å². The second-order valence-electron chi connectivity index (χ2n) is 4.19. The highest BCUT2D eigenvalue weighted by atomic mass is 16.5. The SMILES string of the molecule is CCCCCC(C)=Cc1ccccc1OC. The molecule has 0 amide bonds. The van der Waals surface area contributed by atoms with Crippen molar-refractivity contribution >= 4 is 6.08 Å². The van der Waals surface area contributed by atoms with Crippen LogP contribution in [-0.4, -0.2) is 7.11 Å². The monoisotopic (exact) mass is 218 g/mol. The van der Waals surface area contributed by atoms with Crippen LogP contribution in [0.4, 0.5) is 0 Å². The van der Waals surface area contributed by atoms with E-state index in [1.165, 1.54) is 36.8 Å². The Morgan fingerprint density at radius 3 is 2.69 bits per heavy atom. The summed E-state index contributed by atoms with van der Waals surface area (Å²) in [4.78, 5) is 0. The summed E-state index contributed by atoms with van der Waals surface area (Å²) >= 11 is 0. The third-order valence-corrected chi connectivity index (χ3v) is 2.72. The Morgan fingerprint density at radius 2 is 2.00 bits per heavy atom. The predicted octanol–water partition coefficient (Wildman–Crippen LogP) is 4.68. The summed E-state index contributed by atoms with van der Waals surface area (Å²) in [6.07, 6.45) is 7.30. The van der Waals surface area contributed by atoms with Crippen LogP contribution in [0.15, 0.2) is 29.8 Å². The van der Waals surface area contributed by atoms with Crippen LogP contribution >= 0.6 is 0 Å². The van der Waals surface area contributed by atoms with Crippen LogP contribution in [0.5, 0.6) is 5.75 Å². The van der Waals surface area contributed by atoms with Crippen LogP contribution in [-0.2, 0) is 0 Å². The Morgan fingerprint density at radius 1 is 1.25 bits per heavy atom. The van der Waals surface area contributed by atoms with Gasteiger partial charge in [0, 0.05) is 5.56 Å². The molecule has 0 spiro atoms. The first-order valence-electron chi connectivity index (χ1n) is 6.08. The third-order valence-electron chi connectivity index (χ3n) is 2.72. The number of unbranched alkanes of at least 4 members (excludes halogenated alkanes) is 2. The number of rotatable bonds is 6. The molecule has 0 bridgehead atoms. The lowest BCUT2D eigenvalue weighted by molar-refractivity contribution is 0.414. The molecule has 0 radical (unpaired) electrons. The summed E-state index contributed by atoms with van der Waals surface area (Å²) < 4.78 is 5.33. The van der Waals surface area contributed by atoms with Crippen molar-refractivity contribution in [3.05, 3.63) is 35.4 Å². The molecule has 0 N–H and O–H groups in total. The molecule has 0 atom stereocenters.